The molecule has 0 spiro atoms. The van der Waals surface area contributed by atoms with Crippen LogP contribution in [0.2, 0.25) is 5.02 Å². The molecule has 2 aromatic carbocycles. The van der Waals surface area contributed by atoms with Crippen LogP contribution < -0.4 is 10.2 Å². The summed E-state index contributed by atoms with van der Waals surface area (Å²) in [4.78, 5) is 26.7. The third kappa shape index (κ3) is 5.05. The fraction of sp³-hybridized carbons (Fsp3) is 0.417. The molecule has 0 radical (unpaired) electrons. The maximum atomic E-state index is 12.7. The van der Waals surface area contributed by atoms with E-state index in [9.17, 15) is 9.59 Å². The van der Waals surface area contributed by atoms with Gasteiger partial charge in [-0.1, -0.05) is 29.8 Å². The molecular weight excluding hydrogens is 419 g/mol. The van der Waals surface area contributed by atoms with Crippen LogP contribution in [0.15, 0.2) is 36.4 Å². The molecule has 4 rings (SSSR count). The summed E-state index contributed by atoms with van der Waals surface area (Å²) >= 11 is 6.17. The fourth-order valence-electron chi connectivity index (χ4n) is 4.37. The predicted molar refractivity (Wildman–Crippen MR) is 124 cm³/mol. The van der Waals surface area contributed by atoms with Crippen LogP contribution in [-0.4, -0.2) is 31.3 Å². The Morgan fingerprint density at radius 3 is 2.73 bits per heavy atom. The number of carbonyl (C=O) groups is 2. The Balaban J connectivity index is 0.00000256. The first-order valence-electron chi connectivity index (χ1n) is 10.6. The smallest absolute Gasteiger partial charge is 0.231 e. The minimum atomic E-state index is 0. The first-order valence-corrected chi connectivity index (χ1v) is 10.9. The Kier molecular flexibility index (Phi) is 7.93. The van der Waals surface area contributed by atoms with E-state index in [4.69, 9.17) is 11.6 Å². The Morgan fingerprint density at radius 2 is 1.90 bits per heavy atom. The standard InChI is InChI=1S/C24H27ClN2O2.ClH/c25-21-8-2-1-6-17(21)10-12-26-11-4-3-9-22(28)19-14-18-7-5-13-27-23(29)16-20(15-19)24(18)27;/h1-2,6,8,14-15,26H,3-5,7,9-13,16H2;1H. The number of hydrogen-bond acceptors (Lipinski definition) is 3. The van der Waals surface area contributed by atoms with Crippen LogP contribution in [0.25, 0.3) is 0 Å². The van der Waals surface area contributed by atoms with Crippen LogP contribution in [0.3, 0.4) is 0 Å². The van der Waals surface area contributed by atoms with Gasteiger partial charge in [0.1, 0.15) is 0 Å². The summed E-state index contributed by atoms with van der Waals surface area (Å²) in [6, 6.07) is 11.9. The largest absolute Gasteiger partial charge is 0.316 e. The van der Waals surface area contributed by atoms with Crippen LogP contribution >= 0.6 is 24.0 Å². The number of halogens is 2. The summed E-state index contributed by atoms with van der Waals surface area (Å²) in [5.74, 6) is 0.366. The molecule has 0 saturated heterocycles. The fourth-order valence-corrected chi connectivity index (χ4v) is 4.60. The number of nitrogens with one attached hydrogen (secondary N) is 1. The lowest BCUT2D eigenvalue weighted by molar-refractivity contribution is -0.117. The molecule has 160 valence electrons. The number of Topliss-reactive ketones (excluding diaryl/α,β-unsaturated/α-hetero) is 1. The maximum Gasteiger partial charge on any atom is 0.231 e. The van der Waals surface area contributed by atoms with Crippen molar-refractivity contribution in [3.8, 4) is 0 Å². The van der Waals surface area contributed by atoms with Gasteiger partial charge in [0.2, 0.25) is 5.91 Å². The molecule has 6 heteroatoms. The molecule has 2 aromatic rings. The summed E-state index contributed by atoms with van der Waals surface area (Å²) in [5, 5.41) is 4.25. The monoisotopic (exact) mass is 446 g/mol. The highest BCUT2D eigenvalue weighted by atomic mass is 35.5. The van der Waals surface area contributed by atoms with E-state index in [0.717, 1.165) is 79.1 Å². The van der Waals surface area contributed by atoms with Gasteiger partial charge in [-0.25, -0.2) is 0 Å². The van der Waals surface area contributed by atoms with E-state index in [0.29, 0.717) is 12.8 Å². The molecule has 2 aliphatic heterocycles. The van der Waals surface area contributed by atoms with Crippen molar-refractivity contribution in [3.05, 3.63) is 63.7 Å². The number of anilines is 1. The van der Waals surface area contributed by atoms with Gasteiger partial charge in [0.15, 0.2) is 5.78 Å². The van der Waals surface area contributed by atoms with Crippen molar-refractivity contribution in [2.45, 2.75) is 44.9 Å². The van der Waals surface area contributed by atoms with E-state index in [1.54, 1.807) is 0 Å². The molecule has 2 heterocycles. The maximum absolute atomic E-state index is 12.7. The van der Waals surface area contributed by atoms with Crippen LogP contribution in [0.1, 0.15) is 52.7 Å². The van der Waals surface area contributed by atoms with Gasteiger partial charge in [-0.15, -0.1) is 12.4 Å². The van der Waals surface area contributed by atoms with Gasteiger partial charge >= 0.3 is 0 Å². The van der Waals surface area contributed by atoms with Gasteiger partial charge in [0, 0.05) is 23.6 Å². The van der Waals surface area contributed by atoms with Gasteiger partial charge < -0.3 is 10.2 Å². The molecule has 30 heavy (non-hydrogen) atoms. The SMILES string of the molecule is Cl.O=C(CCCCNCCc1ccccc1Cl)c1cc2c3c(c1)CC(=O)N3CCC2. The van der Waals surface area contributed by atoms with Crippen LogP contribution in [0.5, 0.6) is 0 Å². The first kappa shape index (κ1) is 22.8. The number of hydrogen-bond donors (Lipinski definition) is 1. The second kappa shape index (κ2) is 10.4. The zero-order chi connectivity index (χ0) is 20.2. The summed E-state index contributed by atoms with van der Waals surface area (Å²) in [6.45, 7) is 2.60. The summed E-state index contributed by atoms with van der Waals surface area (Å²) in [5.41, 5.74) is 5.23. The van der Waals surface area contributed by atoms with E-state index in [2.05, 4.69) is 11.4 Å². The summed E-state index contributed by atoms with van der Waals surface area (Å²) < 4.78 is 0. The average Bonchev–Trinajstić information content (AvgIpc) is 3.05. The van der Waals surface area contributed by atoms with Gasteiger partial charge in [-0.2, -0.15) is 0 Å². The molecule has 2 aliphatic rings. The molecule has 0 aliphatic carbocycles. The van der Waals surface area contributed by atoms with Crippen molar-refractivity contribution in [2.75, 3.05) is 24.5 Å². The third-order valence-corrected chi connectivity index (χ3v) is 6.24. The average molecular weight is 447 g/mol. The van der Waals surface area contributed by atoms with Crippen LogP contribution in [0, 0.1) is 0 Å². The molecule has 0 bridgehead atoms. The Morgan fingerprint density at radius 1 is 1.10 bits per heavy atom. The third-order valence-electron chi connectivity index (χ3n) is 5.87. The Hall–Kier alpha value is -1.88. The normalized spacial score (nSPS) is 14.4. The number of amides is 1. The van der Waals surface area contributed by atoms with Crippen molar-refractivity contribution in [3.63, 3.8) is 0 Å². The first-order chi connectivity index (χ1) is 14.1. The van der Waals surface area contributed by atoms with E-state index in [1.807, 2.05) is 35.2 Å². The van der Waals surface area contributed by atoms with E-state index < -0.39 is 0 Å². The molecule has 0 unspecified atom stereocenters. The highest BCUT2D eigenvalue weighted by Crippen LogP contribution is 2.37. The topological polar surface area (TPSA) is 49.4 Å². The quantitative estimate of drug-likeness (QED) is 0.445. The number of benzene rings is 2. The molecule has 1 N–H and O–H groups in total. The molecule has 4 nitrogen and oxygen atoms in total. The zero-order valence-electron chi connectivity index (χ0n) is 17.1. The predicted octanol–water partition coefficient (Wildman–Crippen LogP) is 4.78. The number of rotatable bonds is 9. The van der Waals surface area contributed by atoms with Crippen LogP contribution in [0.4, 0.5) is 5.69 Å². The second-order valence-corrected chi connectivity index (χ2v) is 8.35. The van der Waals surface area contributed by atoms with Gasteiger partial charge in [-0.3, -0.25) is 9.59 Å². The van der Waals surface area contributed by atoms with Gasteiger partial charge in [0.25, 0.3) is 0 Å². The second-order valence-electron chi connectivity index (χ2n) is 7.94. The van der Waals surface area contributed by atoms with Gasteiger partial charge in [0.05, 0.1) is 12.1 Å². The van der Waals surface area contributed by atoms with Crippen molar-refractivity contribution < 1.29 is 9.59 Å². The Bertz CT molecular complexity index is 929. The molecule has 0 atom stereocenters. The number of unbranched alkanes of at least 4 members (excludes halogenated alkanes) is 1. The zero-order valence-corrected chi connectivity index (χ0v) is 18.7. The van der Waals surface area contributed by atoms with Crippen LogP contribution in [-0.2, 0) is 24.1 Å². The Labute approximate surface area is 189 Å². The van der Waals surface area contributed by atoms with Gasteiger partial charge in [-0.05, 0) is 80.1 Å². The van der Waals surface area contributed by atoms with Crippen molar-refractivity contribution in [2.24, 2.45) is 0 Å². The minimum absolute atomic E-state index is 0. The summed E-state index contributed by atoms with van der Waals surface area (Å²) in [6.07, 6.45) is 5.69. The lowest BCUT2D eigenvalue weighted by atomic mass is 9.94. The van der Waals surface area contributed by atoms with Crippen molar-refractivity contribution in [1.82, 2.24) is 5.32 Å². The van der Waals surface area contributed by atoms with Crippen molar-refractivity contribution in [1.29, 1.82) is 0 Å². The molecule has 1 amide bonds. The molecule has 0 fully saturated rings. The number of carbonyl (C=O) groups excluding carboxylic acids is 2. The number of aryl methyl sites for hydroxylation is 1. The van der Waals surface area contributed by atoms with Crippen molar-refractivity contribution >= 4 is 41.4 Å². The number of nitrogens with zero attached hydrogens (tertiary/aromatic N) is 1. The lowest BCUT2D eigenvalue weighted by Gasteiger charge is -2.25. The van der Waals surface area contributed by atoms with E-state index >= 15 is 0 Å². The summed E-state index contributed by atoms with van der Waals surface area (Å²) in [7, 11) is 0. The highest BCUT2D eigenvalue weighted by molar-refractivity contribution is 6.31. The van der Waals surface area contributed by atoms with E-state index in [-0.39, 0.29) is 24.1 Å². The highest BCUT2D eigenvalue weighted by Gasteiger charge is 2.32. The number of ketones is 1. The minimum Gasteiger partial charge on any atom is -0.316 e. The lowest BCUT2D eigenvalue weighted by Crippen LogP contribution is -2.31. The van der Waals surface area contributed by atoms with E-state index in [1.165, 1.54) is 5.56 Å². The molecule has 0 saturated carbocycles. The molecule has 0 aromatic heterocycles. The molecular formula is C24H28Cl2N2O2.